The maximum absolute atomic E-state index is 11.0. The van der Waals surface area contributed by atoms with Crippen LogP contribution < -0.4 is 0 Å². The predicted molar refractivity (Wildman–Crippen MR) is 57.7 cm³/mol. The molecule has 0 unspecified atom stereocenters. The molecule has 96 valence electrons. The van der Waals surface area contributed by atoms with E-state index in [1.807, 2.05) is 0 Å². The van der Waals surface area contributed by atoms with E-state index >= 15 is 0 Å². The number of hydrogen-bond donors (Lipinski definition) is 0. The van der Waals surface area contributed by atoms with E-state index in [0.29, 0.717) is 0 Å². The molecule has 0 saturated carbocycles. The van der Waals surface area contributed by atoms with Crippen molar-refractivity contribution in [2.24, 2.45) is 5.92 Å². The first kappa shape index (κ1) is 15.2. The molecule has 0 atom stereocenters. The van der Waals surface area contributed by atoms with E-state index in [1.54, 1.807) is 20.8 Å². The second-order valence-electron chi connectivity index (χ2n) is 3.28. The van der Waals surface area contributed by atoms with Crippen molar-refractivity contribution in [1.82, 2.24) is 0 Å². The molecule has 0 amide bonds. The molecule has 0 aliphatic carbocycles. The summed E-state index contributed by atoms with van der Waals surface area (Å²) in [5.74, 6) is -2.17. The molecule has 0 aliphatic rings. The van der Waals surface area contributed by atoms with E-state index in [1.165, 1.54) is 0 Å². The van der Waals surface area contributed by atoms with Gasteiger partial charge in [-0.15, -0.1) is 0 Å². The summed E-state index contributed by atoms with van der Waals surface area (Å²) in [6.45, 7) is 4.72. The zero-order valence-electron chi connectivity index (χ0n) is 10.1. The van der Waals surface area contributed by atoms with Crippen molar-refractivity contribution in [3.05, 3.63) is 12.2 Å². The molecular formula is C11H16O6. The summed E-state index contributed by atoms with van der Waals surface area (Å²) in [6.07, 6.45) is 1.84. The molecule has 6 heteroatoms. The van der Waals surface area contributed by atoms with Crippen LogP contribution in [0.4, 0.5) is 0 Å². The quantitative estimate of drug-likeness (QED) is 0.391. The average molecular weight is 244 g/mol. The fourth-order valence-corrected chi connectivity index (χ4v) is 0.687. The highest BCUT2D eigenvalue weighted by atomic mass is 16.7. The van der Waals surface area contributed by atoms with Gasteiger partial charge in [-0.3, -0.25) is 4.79 Å². The Labute approximate surface area is 99.5 Å². The molecule has 6 nitrogen and oxygen atoms in total. The van der Waals surface area contributed by atoms with Crippen LogP contribution in [0.3, 0.4) is 0 Å². The average Bonchev–Trinajstić information content (AvgIpc) is 2.26. The van der Waals surface area contributed by atoms with E-state index in [4.69, 9.17) is 0 Å². The summed E-state index contributed by atoms with van der Waals surface area (Å²) >= 11 is 0. The lowest BCUT2D eigenvalue weighted by Crippen LogP contribution is -2.15. The first-order chi connectivity index (χ1) is 7.97. The van der Waals surface area contributed by atoms with Crippen molar-refractivity contribution in [3.63, 3.8) is 0 Å². The highest BCUT2D eigenvalue weighted by molar-refractivity contribution is 5.91. The number of carbonyl (C=O) groups excluding carboxylic acids is 3. The van der Waals surface area contributed by atoms with Crippen molar-refractivity contribution in [2.45, 2.75) is 20.8 Å². The number of hydrogen-bond acceptors (Lipinski definition) is 6. The third kappa shape index (κ3) is 8.01. The fourth-order valence-electron chi connectivity index (χ4n) is 0.687. The van der Waals surface area contributed by atoms with Crippen molar-refractivity contribution >= 4 is 17.9 Å². The van der Waals surface area contributed by atoms with Crippen LogP contribution in [0.2, 0.25) is 0 Å². The summed E-state index contributed by atoms with van der Waals surface area (Å²) in [5, 5.41) is 0. The van der Waals surface area contributed by atoms with Gasteiger partial charge in [0.1, 0.15) is 0 Å². The predicted octanol–water partition coefficient (Wildman–Crippen LogP) is 0.806. The van der Waals surface area contributed by atoms with Crippen molar-refractivity contribution < 1.29 is 28.6 Å². The van der Waals surface area contributed by atoms with E-state index < -0.39 is 24.7 Å². The van der Waals surface area contributed by atoms with Crippen molar-refractivity contribution in [1.29, 1.82) is 0 Å². The van der Waals surface area contributed by atoms with E-state index in [0.717, 1.165) is 12.2 Å². The second kappa shape index (κ2) is 8.32. The minimum atomic E-state index is -0.783. The van der Waals surface area contributed by atoms with Gasteiger partial charge < -0.3 is 14.2 Å². The second-order valence-corrected chi connectivity index (χ2v) is 3.28. The first-order valence-electron chi connectivity index (χ1n) is 5.15. The molecule has 0 bridgehead atoms. The van der Waals surface area contributed by atoms with Crippen molar-refractivity contribution in [2.75, 3.05) is 13.4 Å². The van der Waals surface area contributed by atoms with Gasteiger partial charge in [-0.2, -0.15) is 0 Å². The zero-order valence-corrected chi connectivity index (χ0v) is 10.1. The third-order valence-electron chi connectivity index (χ3n) is 1.52. The summed E-state index contributed by atoms with van der Waals surface area (Å²) in [6, 6.07) is 0. The lowest BCUT2D eigenvalue weighted by molar-refractivity contribution is -0.166. The van der Waals surface area contributed by atoms with Crippen LogP contribution in [-0.2, 0) is 28.6 Å². The molecule has 0 aliphatic heterocycles. The number of carbonyl (C=O) groups is 3. The normalized spacial score (nSPS) is 10.4. The molecule has 0 aromatic rings. The largest absolute Gasteiger partial charge is 0.463 e. The Morgan fingerprint density at radius 1 is 1.00 bits per heavy atom. The Morgan fingerprint density at radius 2 is 1.53 bits per heavy atom. The van der Waals surface area contributed by atoms with Gasteiger partial charge in [0.25, 0.3) is 0 Å². The molecular weight excluding hydrogens is 228 g/mol. The molecule has 0 radical (unpaired) electrons. The highest BCUT2D eigenvalue weighted by Gasteiger charge is 2.08. The topological polar surface area (TPSA) is 78.9 Å². The molecule has 0 spiro atoms. The van der Waals surface area contributed by atoms with Crippen LogP contribution in [0, 0.1) is 5.92 Å². The number of ether oxygens (including phenoxy) is 3. The Balaban J connectivity index is 3.80. The Morgan fingerprint density at radius 3 is 2.00 bits per heavy atom. The van der Waals surface area contributed by atoms with Gasteiger partial charge in [0.15, 0.2) is 0 Å². The Kier molecular flexibility index (Phi) is 7.41. The molecule has 0 aromatic carbocycles. The Bertz CT molecular complexity index is 305. The molecule has 0 fully saturated rings. The van der Waals surface area contributed by atoms with Crippen LogP contribution in [-0.4, -0.2) is 31.3 Å². The monoisotopic (exact) mass is 244 g/mol. The molecule has 0 N–H and O–H groups in total. The summed E-state index contributed by atoms with van der Waals surface area (Å²) in [7, 11) is 0. The molecule has 0 aromatic heterocycles. The van der Waals surface area contributed by atoms with Gasteiger partial charge in [0, 0.05) is 12.2 Å². The molecule has 0 rings (SSSR count). The van der Waals surface area contributed by atoms with Crippen LogP contribution in [0.5, 0.6) is 0 Å². The van der Waals surface area contributed by atoms with Gasteiger partial charge in [0.05, 0.1) is 12.5 Å². The SMILES string of the molecule is CCOC(=O)/C=C/C(=O)OCOC(=O)C(C)C. The van der Waals surface area contributed by atoms with Gasteiger partial charge in [-0.05, 0) is 6.92 Å². The number of rotatable bonds is 6. The maximum atomic E-state index is 11.0. The summed E-state index contributed by atoms with van der Waals surface area (Å²) in [5.41, 5.74) is 0. The summed E-state index contributed by atoms with van der Waals surface area (Å²) in [4.78, 5) is 32.8. The fraction of sp³-hybridized carbons (Fsp3) is 0.545. The van der Waals surface area contributed by atoms with Gasteiger partial charge in [-0.25, -0.2) is 9.59 Å². The van der Waals surface area contributed by atoms with Gasteiger partial charge in [0.2, 0.25) is 6.79 Å². The number of esters is 3. The minimum Gasteiger partial charge on any atom is -0.463 e. The van der Waals surface area contributed by atoms with Crippen molar-refractivity contribution in [3.8, 4) is 0 Å². The lowest BCUT2D eigenvalue weighted by Gasteiger charge is -2.06. The van der Waals surface area contributed by atoms with E-state index in [-0.39, 0.29) is 12.5 Å². The minimum absolute atomic E-state index is 0.226. The third-order valence-corrected chi connectivity index (χ3v) is 1.52. The zero-order chi connectivity index (χ0) is 13.3. The first-order valence-corrected chi connectivity index (χ1v) is 5.15. The Hall–Kier alpha value is -1.85. The van der Waals surface area contributed by atoms with Crippen LogP contribution in [0.1, 0.15) is 20.8 Å². The van der Waals surface area contributed by atoms with Crippen LogP contribution >= 0.6 is 0 Å². The smallest absolute Gasteiger partial charge is 0.333 e. The molecule has 0 heterocycles. The van der Waals surface area contributed by atoms with Gasteiger partial charge >= 0.3 is 17.9 Å². The summed E-state index contributed by atoms with van der Waals surface area (Å²) < 4.78 is 13.7. The molecule has 0 saturated heterocycles. The maximum Gasteiger partial charge on any atom is 0.333 e. The lowest BCUT2D eigenvalue weighted by atomic mass is 10.2. The van der Waals surface area contributed by atoms with E-state index in [9.17, 15) is 14.4 Å². The van der Waals surface area contributed by atoms with Gasteiger partial charge in [-0.1, -0.05) is 13.8 Å². The van der Waals surface area contributed by atoms with E-state index in [2.05, 4.69) is 14.2 Å². The van der Waals surface area contributed by atoms with Crippen LogP contribution in [0.15, 0.2) is 12.2 Å². The molecule has 17 heavy (non-hydrogen) atoms. The highest BCUT2D eigenvalue weighted by Crippen LogP contribution is 1.96. The standard InChI is InChI=1S/C11H16O6/c1-4-15-9(12)5-6-10(13)16-7-17-11(14)8(2)3/h5-6,8H,4,7H2,1-3H3/b6-5+. The van der Waals surface area contributed by atoms with Crippen LogP contribution in [0.25, 0.3) is 0 Å².